The minimum absolute atomic E-state index is 0.00426. The molecule has 0 rings (SSSR count). The van der Waals surface area contributed by atoms with E-state index in [1.165, 1.54) is 212 Å². The lowest BCUT2D eigenvalue weighted by atomic mass is 10.0. The molecule has 2 unspecified atom stereocenters. The van der Waals surface area contributed by atoms with Gasteiger partial charge in [0, 0.05) is 12.8 Å². The number of rotatable bonds is 50. The number of carbonyl (C=O) groups is 2. The normalized spacial score (nSPS) is 12.7. The summed E-state index contributed by atoms with van der Waals surface area (Å²) >= 11 is 0. The van der Waals surface area contributed by atoms with Gasteiger partial charge < -0.3 is 20.3 Å². The van der Waals surface area contributed by atoms with E-state index < -0.39 is 12.1 Å². The first-order valence-electron chi connectivity index (χ1n) is 27.0. The molecule has 0 fully saturated rings. The average Bonchev–Trinajstić information content (AvgIpc) is 3.25. The van der Waals surface area contributed by atoms with Crippen molar-refractivity contribution in [2.24, 2.45) is 0 Å². The van der Waals surface area contributed by atoms with E-state index in [1.54, 1.807) is 6.08 Å². The summed E-state index contributed by atoms with van der Waals surface area (Å²) in [7, 11) is 0. The average molecular weight is 848 g/mol. The Morgan fingerprint density at radius 1 is 0.450 bits per heavy atom. The molecule has 0 radical (unpaired) electrons. The Kier molecular flexibility index (Phi) is 49.1. The van der Waals surface area contributed by atoms with Crippen LogP contribution >= 0.6 is 0 Å². The topological polar surface area (TPSA) is 95.9 Å². The molecule has 0 saturated heterocycles. The summed E-state index contributed by atoms with van der Waals surface area (Å²) in [6.45, 7) is 4.89. The minimum atomic E-state index is -0.851. The molecule has 0 aliphatic heterocycles. The summed E-state index contributed by atoms with van der Waals surface area (Å²) in [6.07, 6.45) is 57.8. The fraction of sp³-hybridized carbons (Fsp3) is 0.926. The Bertz CT molecular complexity index is 893. The number of ether oxygens (including phenoxy) is 1. The van der Waals surface area contributed by atoms with Crippen LogP contribution in [-0.4, -0.2) is 47.4 Å². The van der Waals surface area contributed by atoms with Gasteiger partial charge in [-0.2, -0.15) is 0 Å². The predicted molar refractivity (Wildman–Crippen MR) is 260 cm³/mol. The predicted octanol–water partition coefficient (Wildman–Crippen LogP) is 16.1. The summed E-state index contributed by atoms with van der Waals surface area (Å²) in [5.41, 5.74) is 0. The van der Waals surface area contributed by atoms with E-state index in [4.69, 9.17) is 4.74 Å². The van der Waals surface area contributed by atoms with Crippen molar-refractivity contribution in [3.63, 3.8) is 0 Å². The fourth-order valence-electron chi connectivity index (χ4n) is 8.40. The van der Waals surface area contributed by atoms with Crippen molar-refractivity contribution in [1.29, 1.82) is 0 Å². The number of aliphatic hydroxyl groups excluding tert-OH is 2. The van der Waals surface area contributed by atoms with E-state index in [-0.39, 0.29) is 18.5 Å². The van der Waals surface area contributed by atoms with Gasteiger partial charge in [-0.25, -0.2) is 0 Å². The van der Waals surface area contributed by atoms with Crippen LogP contribution in [-0.2, 0) is 14.3 Å². The van der Waals surface area contributed by atoms with Gasteiger partial charge in [-0.3, -0.25) is 9.59 Å². The molecule has 3 N–H and O–H groups in total. The van der Waals surface area contributed by atoms with Crippen LogP contribution in [0.2, 0.25) is 0 Å². The summed E-state index contributed by atoms with van der Waals surface area (Å²) in [5, 5.41) is 23.1. The number of nitrogens with one attached hydrogen (secondary N) is 1. The van der Waals surface area contributed by atoms with Crippen LogP contribution in [0.15, 0.2) is 12.2 Å². The molecule has 0 aliphatic carbocycles. The van der Waals surface area contributed by atoms with Crippen molar-refractivity contribution in [2.45, 2.75) is 309 Å². The van der Waals surface area contributed by atoms with Gasteiger partial charge in [0.1, 0.15) is 0 Å². The van der Waals surface area contributed by atoms with Gasteiger partial charge >= 0.3 is 5.97 Å². The molecule has 0 bridgehead atoms. The SMILES string of the molecule is CCCCCCCCCCCCCCCC/C=C/C(O)C(CO)NC(=O)CCCCCCCCCCCCCCCOC(=O)CCCCCCCCCCCCCCCC. The minimum Gasteiger partial charge on any atom is -0.466 e. The van der Waals surface area contributed by atoms with E-state index in [9.17, 15) is 19.8 Å². The van der Waals surface area contributed by atoms with Crippen LogP contribution in [0.3, 0.4) is 0 Å². The van der Waals surface area contributed by atoms with Gasteiger partial charge in [-0.1, -0.05) is 264 Å². The Morgan fingerprint density at radius 3 is 1.13 bits per heavy atom. The lowest BCUT2D eigenvalue weighted by molar-refractivity contribution is -0.143. The lowest BCUT2D eigenvalue weighted by Gasteiger charge is -2.20. The molecule has 0 aromatic heterocycles. The third kappa shape index (κ3) is 46.1. The van der Waals surface area contributed by atoms with E-state index in [1.807, 2.05) is 6.08 Å². The third-order valence-corrected chi connectivity index (χ3v) is 12.6. The molecule has 6 nitrogen and oxygen atoms in total. The monoisotopic (exact) mass is 848 g/mol. The number of hydrogen-bond donors (Lipinski definition) is 3. The van der Waals surface area contributed by atoms with Gasteiger partial charge in [-0.05, 0) is 32.1 Å². The van der Waals surface area contributed by atoms with Gasteiger partial charge in [-0.15, -0.1) is 0 Å². The number of carbonyl (C=O) groups excluding carboxylic acids is 2. The quantitative estimate of drug-likeness (QED) is 0.0322. The molecule has 60 heavy (non-hydrogen) atoms. The maximum Gasteiger partial charge on any atom is 0.305 e. The highest BCUT2D eigenvalue weighted by Crippen LogP contribution is 2.17. The van der Waals surface area contributed by atoms with Crippen molar-refractivity contribution < 1.29 is 24.5 Å². The number of allylic oxidation sites excluding steroid dienone is 1. The zero-order valence-corrected chi connectivity index (χ0v) is 40.5. The van der Waals surface area contributed by atoms with Crippen molar-refractivity contribution in [3.05, 3.63) is 12.2 Å². The second-order valence-electron chi connectivity index (χ2n) is 18.6. The number of hydrogen-bond acceptors (Lipinski definition) is 5. The Labute approximate surface area is 374 Å². The molecular weight excluding hydrogens is 743 g/mol. The Morgan fingerprint density at radius 2 is 0.767 bits per heavy atom. The van der Waals surface area contributed by atoms with E-state index in [2.05, 4.69) is 19.2 Å². The van der Waals surface area contributed by atoms with Crippen LogP contribution in [0, 0.1) is 0 Å². The molecule has 0 aromatic carbocycles. The smallest absolute Gasteiger partial charge is 0.305 e. The summed E-state index contributed by atoms with van der Waals surface area (Å²) in [5.74, 6) is -0.0831. The first-order chi connectivity index (χ1) is 29.5. The van der Waals surface area contributed by atoms with Crippen molar-refractivity contribution in [2.75, 3.05) is 13.2 Å². The van der Waals surface area contributed by atoms with Crippen molar-refractivity contribution >= 4 is 11.9 Å². The molecule has 0 heterocycles. The fourth-order valence-corrected chi connectivity index (χ4v) is 8.40. The molecule has 2 atom stereocenters. The zero-order valence-electron chi connectivity index (χ0n) is 40.5. The zero-order chi connectivity index (χ0) is 43.7. The number of aliphatic hydroxyl groups is 2. The highest BCUT2D eigenvalue weighted by molar-refractivity contribution is 5.76. The molecule has 6 heteroatoms. The Balaban J connectivity index is 3.47. The molecule has 0 spiro atoms. The molecule has 0 aliphatic rings. The highest BCUT2D eigenvalue weighted by Gasteiger charge is 2.18. The first-order valence-corrected chi connectivity index (χ1v) is 27.0. The summed E-state index contributed by atoms with van der Waals surface area (Å²) < 4.78 is 5.47. The van der Waals surface area contributed by atoms with Crippen LogP contribution < -0.4 is 5.32 Å². The number of esters is 1. The van der Waals surface area contributed by atoms with E-state index >= 15 is 0 Å². The van der Waals surface area contributed by atoms with E-state index in [0.717, 1.165) is 57.8 Å². The van der Waals surface area contributed by atoms with Gasteiger partial charge in [0.15, 0.2) is 0 Å². The molecule has 1 amide bonds. The van der Waals surface area contributed by atoms with Crippen LogP contribution in [0.4, 0.5) is 0 Å². The second-order valence-corrected chi connectivity index (χ2v) is 18.6. The van der Waals surface area contributed by atoms with Gasteiger partial charge in [0.25, 0.3) is 0 Å². The number of unbranched alkanes of at least 4 members (excludes halogenated alkanes) is 39. The van der Waals surface area contributed by atoms with Crippen LogP contribution in [0.25, 0.3) is 0 Å². The van der Waals surface area contributed by atoms with Gasteiger partial charge in [0.2, 0.25) is 5.91 Å². The first kappa shape index (κ1) is 58.6. The third-order valence-electron chi connectivity index (χ3n) is 12.6. The lowest BCUT2D eigenvalue weighted by Crippen LogP contribution is -2.45. The largest absolute Gasteiger partial charge is 0.466 e. The van der Waals surface area contributed by atoms with Crippen molar-refractivity contribution in [1.82, 2.24) is 5.32 Å². The summed E-state index contributed by atoms with van der Waals surface area (Å²) in [4.78, 5) is 24.5. The van der Waals surface area contributed by atoms with Gasteiger partial charge in [0.05, 0.1) is 25.4 Å². The van der Waals surface area contributed by atoms with Crippen LogP contribution in [0.1, 0.15) is 296 Å². The molecule has 0 aromatic rings. The second kappa shape index (κ2) is 50.2. The van der Waals surface area contributed by atoms with Crippen LogP contribution in [0.5, 0.6) is 0 Å². The molecular formula is C54H105NO5. The Hall–Kier alpha value is -1.40. The molecule has 0 saturated carbocycles. The molecule has 356 valence electrons. The summed E-state index contributed by atoms with van der Waals surface area (Å²) in [6, 6.07) is -0.636. The maximum atomic E-state index is 12.4. The van der Waals surface area contributed by atoms with E-state index in [0.29, 0.717) is 19.4 Å². The van der Waals surface area contributed by atoms with Crippen molar-refractivity contribution in [3.8, 4) is 0 Å². The highest BCUT2D eigenvalue weighted by atomic mass is 16.5. The maximum absolute atomic E-state index is 12.4. The standard InChI is InChI=1S/C54H105NO5/c1-3-5-7-9-11-13-15-17-19-20-22-26-30-34-38-42-46-52(57)51(50-56)55-53(58)47-43-39-35-31-27-23-21-25-29-33-37-41-45-49-60-54(59)48-44-40-36-32-28-24-18-16-14-12-10-8-6-4-2/h42,46,51-52,56-57H,3-41,43-45,47-50H2,1-2H3,(H,55,58)/b46-42+. The number of amides is 1.